The van der Waals surface area contributed by atoms with Gasteiger partial charge in [0, 0.05) is 18.0 Å². The average Bonchev–Trinajstić information content (AvgIpc) is 3.10. The molecule has 0 aromatic heterocycles. The van der Waals surface area contributed by atoms with E-state index < -0.39 is 12.1 Å². The molecule has 1 aliphatic rings. The Labute approximate surface area is 179 Å². The summed E-state index contributed by atoms with van der Waals surface area (Å²) < 4.78 is 5.46. The fourth-order valence-electron chi connectivity index (χ4n) is 3.80. The van der Waals surface area contributed by atoms with Gasteiger partial charge >= 0.3 is 12.1 Å². The van der Waals surface area contributed by atoms with E-state index in [2.05, 4.69) is 29.6 Å². The van der Waals surface area contributed by atoms with E-state index in [1.54, 1.807) is 12.2 Å². The molecule has 0 heterocycles. The molecule has 0 saturated carbocycles. The zero-order chi connectivity index (χ0) is 21.8. The first kappa shape index (κ1) is 20.2. The van der Waals surface area contributed by atoms with E-state index in [4.69, 9.17) is 9.84 Å². The van der Waals surface area contributed by atoms with Crippen LogP contribution in [0, 0.1) is 0 Å². The molecule has 3 aromatic carbocycles. The van der Waals surface area contributed by atoms with Gasteiger partial charge in [-0.3, -0.25) is 0 Å². The topological polar surface area (TPSA) is 95.9 Å². The van der Waals surface area contributed by atoms with Crippen molar-refractivity contribution in [2.75, 3.05) is 13.2 Å². The highest BCUT2D eigenvalue weighted by atomic mass is 16.5. The minimum atomic E-state index is -1.08. The number of carbonyl (C=O) groups is 2. The first-order valence-corrected chi connectivity index (χ1v) is 9.86. The minimum absolute atomic E-state index is 0.00982. The number of hydrogen-bond acceptors (Lipinski definition) is 4. The van der Waals surface area contributed by atoms with E-state index in [1.165, 1.54) is 29.3 Å². The lowest BCUT2D eigenvalue weighted by Crippen LogP contribution is -2.26. The highest BCUT2D eigenvalue weighted by Gasteiger charge is 2.28. The highest BCUT2D eigenvalue weighted by Crippen LogP contribution is 2.44. The van der Waals surface area contributed by atoms with E-state index >= 15 is 0 Å². The van der Waals surface area contributed by atoms with Gasteiger partial charge in [-0.1, -0.05) is 60.7 Å². The number of nitrogens with one attached hydrogen (secondary N) is 1. The van der Waals surface area contributed by atoms with Crippen molar-refractivity contribution < 1.29 is 24.5 Å². The molecule has 0 unspecified atom stereocenters. The number of phenolic OH excluding ortho intramolecular Hbond substituents is 1. The predicted molar refractivity (Wildman–Crippen MR) is 117 cm³/mol. The molecule has 0 saturated heterocycles. The van der Waals surface area contributed by atoms with E-state index in [0.717, 1.165) is 11.1 Å². The van der Waals surface area contributed by atoms with Crippen molar-refractivity contribution in [2.24, 2.45) is 0 Å². The summed E-state index contributed by atoms with van der Waals surface area (Å²) in [6.07, 6.45) is 2.61. The number of amides is 1. The standard InChI is InChI=1S/C25H21NO5/c27-23-12-11-17(24(28)29)14-16(23)6-5-13-26-25(30)31-15-22-20-9-3-1-7-18(20)19-8-2-4-10-21(19)22/h1-12,14,22,27H,13,15H2,(H,26,30)(H,28,29). The van der Waals surface area contributed by atoms with Gasteiger partial charge in [0.1, 0.15) is 12.4 Å². The van der Waals surface area contributed by atoms with Gasteiger partial charge in [-0.25, -0.2) is 9.59 Å². The predicted octanol–water partition coefficient (Wildman–Crippen LogP) is 4.64. The number of alkyl carbamates (subject to hydrolysis) is 1. The van der Waals surface area contributed by atoms with Crippen LogP contribution < -0.4 is 5.32 Å². The van der Waals surface area contributed by atoms with Crippen molar-refractivity contribution in [1.29, 1.82) is 0 Å². The molecule has 3 N–H and O–H groups in total. The number of rotatable bonds is 6. The molecule has 156 valence electrons. The summed E-state index contributed by atoms with van der Waals surface area (Å²) in [6, 6.07) is 20.2. The normalized spacial score (nSPS) is 12.4. The Morgan fingerprint density at radius 2 is 1.61 bits per heavy atom. The van der Waals surface area contributed by atoms with E-state index in [1.807, 2.05) is 24.3 Å². The second-order valence-corrected chi connectivity index (χ2v) is 7.19. The van der Waals surface area contributed by atoms with E-state index in [9.17, 15) is 14.7 Å². The SMILES string of the molecule is O=C(NCC=Cc1cc(C(=O)O)ccc1O)OCC1c2ccccc2-c2ccccc21. The molecular formula is C25H21NO5. The van der Waals surface area contributed by atoms with Crippen LogP contribution in [-0.4, -0.2) is 35.4 Å². The number of benzene rings is 3. The summed E-state index contributed by atoms with van der Waals surface area (Å²) in [5.41, 5.74) is 5.04. The fourth-order valence-corrected chi connectivity index (χ4v) is 3.80. The van der Waals surface area contributed by atoms with Crippen LogP contribution in [0.15, 0.2) is 72.8 Å². The fraction of sp³-hybridized carbons (Fsp3) is 0.120. The molecule has 4 rings (SSSR count). The second kappa shape index (κ2) is 8.75. The third-order valence-corrected chi connectivity index (χ3v) is 5.28. The Bertz CT molecular complexity index is 1120. The number of phenols is 1. The summed E-state index contributed by atoms with van der Waals surface area (Å²) in [5, 5.41) is 21.5. The van der Waals surface area contributed by atoms with Crippen LogP contribution in [0.2, 0.25) is 0 Å². The van der Waals surface area contributed by atoms with Gasteiger partial charge < -0.3 is 20.3 Å². The maximum atomic E-state index is 12.2. The lowest BCUT2D eigenvalue weighted by Gasteiger charge is -2.14. The molecule has 0 atom stereocenters. The molecule has 0 aliphatic heterocycles. The highest BCUT2D eigenvalue weighted by molar-refractivity contribution is 5.89. The molecule has 1 amide bonds. The van der Waals surface area contributed by atoms with Gasteiger partial charge in [0.25, 0.3) is 0 Å². The number of aromatic hydroxyl groups is 1. The molecule has 1 aliphatic carbocycles. The maximum Gasteiger partial charge on any atom is 0.407 e. The smallest absolute Gasteiger partial charge is 0.407 e. The van der Waals surface area contributed by atoms with Crippen molar-refractivity contribution in [3.63, 3.8) is 0 Å². The van der Waals surface area contributed by atoms with Crippen molar-refractivity contribution in [3.8, 4) is 16.9 Å². The quantitative estimate of drug-likeness (QED) is 0.545. The Morgan fingerprint density at radius 3 is 2.26 bits per heavy atom. The minimum Gasteiger partial charge on any atom is -0.507 e. The first-order valence-electron chi connectivity index (χ1n) is 9.86. The van der Waals surface area contributed by atoms with Gasteiger partial charge in [-0.15, -0.1) is 0 Å². The third-order valence-electron chi connectivity index (χ3n) is 5.28. The maximum absolute atomic E-state index is 12.2. The number of aromatic carboxylic acids is 1. The average molecular weight is 415 g/mol. The van der Waals surface area contributed by atoms with Crippen LogP contribution in [-0.2, 0) is 4.74 Å². The number of carboxylic acid groups (broad SMARTS) is 1. The van der Waals surface area contributed by atoms with Crippen LogP contribution in [0.1, 0.15) is 33.0 Å². The lowest BCUT2D eigenvalue weighted by atomic mass is 9.98. The van der Waals surface area contributed by atoms with Gasteiger partial charge in [0.05, 0.1) is 5.56 Å². The number of carbonyl (C=O) groups excluding carboxylic acids is 1. The van der Waals surface area contributed by atoms with Crippen molar-refractivity contribution in [3.05, 3.63) is 95.1 Å². The van der Waals surface area contributed by atoms with Crippen LogP contribution in [0.3, 0.4) is 0 Å². The van der Waals surface area contributed by atoms with Crippen LogP contribution in [0.4, 0.5) is 4.79 Å². The Hall–Kier alpha value is -4.06. The monoisotopic (exact) mass is 415 g/mol. The van der Waals surface area contributed by atoms with Crippen LogP contribution in [0.5, 0.6) is 5.75 Å². The largest absolute Gasteiger partial charge is 0.507 e. The zero-order valence-electron chi connectivity index (χ0n) is 16.6. The number of hydrogen-bond donors (Lipinski definition) is 3. The van der Waals surface area contributed by atoms with Crippen molar-refractivity contribution in [1.82, 2.24) is 5.32 Å². The van der Waals surface area contributed by atoms with Gasteiger partial charge in [-0.05, 0) is 40.5 Å². The summed E-state index contributed by atoms with van der Waals surface area (Å²) in [4.78, 5) is 23.2. The molecule has 31 heavy (non-hydrogen) atoms. The molecule has 0 fully saturated rings. The third kappa shape index (κ3) is 4.28. The number of fused-ring (bicyclic) bond motifs is 3. The molecule has 6 nitrogen and oxygen atoms in total. The van der Waals surface area contributed by atoms with Gasteiger partial charge in [-0.2, -0.15) is 0 Å². The molecule has 0 bridgehead atoms. The molecule has 3 aromatic rings. The summed E-state index contributed by atoms with van der Waals surface area (Å²) in [7, 11) is 0. The first-order chi connectivity index (χ1) is 15.0. The van der Waals surface area contributed by atoms with Crippen LogP contribution in [0.25, 0.3) is 17.2 Å². The van der Waals surface area contributed by atoms with E-state index in [-0.39, 0.29) is 30.4 Å². The summed E-state index contributed by atoms with van der Waals surface area (Å²) in [5.74, 6) is -1.13. The number of carboxylic acids is 1. The van der Waals surface area contributed by atoms with E-state index in [0.29, 0.717) is 5.56 Å². The van der Waals surface area contributed by atoms with Gasteiger partial charge in [0.15, 0.2) is 0 Å². The molecular weight excluding hydrogens is 394 g/mol. The van der Waals surface area contributed by atoms with Crippen molar-refractivity contribution in [2.45, 2.75) is 5.92 Å². The van der Waals surface area contributed by atoms with Gasteiger partial charge in [0.2, 0.25) is 0 Å². The molecule has 0 radical (unpaired) electrons. The summed E-state index contributed by atoms with van der Waals surface area (Å²) in [6.45, 7) is 0.401. The zero-order valence-corrected chi connectivity index (χ0v) is 16.6. The Kier molecular flexibility index (Phi) is 5.71. The molecule has 0 spiro atoms. The van der Waals surface area contributed by atoms with Crippen molar-refractivity contribution >= 4 is 18.1 Å². The second-order valence-electron chi connectivity index (χ2n) is 7.19. The summed E-state index contributed by atoms with van der Waals surface area (Å²) >= 11 is 0. The Balaban J connectivity index is 1.34. The van der Waals surface area contributed by atoms with Crippen LogP contribution >= 0.6 is 0 Å². The Morgan fingerprint density at radius 1 is 0.968 bits per heavy atom. The lowest BCUT2D eigenvalue weighted by molar-refractivity contribution is 0.0696. The molecule has 6 heteroatoms. The number of ether oxygens (including phenoxy) is 1.